The standard InChI is InChI=1S/C12H23NO4S/c1-9-5-6-11(8-10(9)2)13-18(16,17)7-3-4-12(14)15/h9-11,13H,3-8H2,1-2H3,(H,14,15). The van der Waals surface area contributed by atoms with Gasteiger partial charge in [-0.2, -0.15) is 0 Å². The summed E-state index contributed by atoms with van der Waals surface area (Å²) in [4.78, 5) is 10.3. The molecule has 0 bridgehead atoms. The first-order valence-corrected chi connectivity index (χ1v) is 8.17. The molecule has 5 nitrogen and oxygen atoms in total. The fourth-order valence-electron chi connectivity index (χ4n) is 2.38. The Morgan fingerprint density at radius 2 is 1.94 bits per heavy atom. The smallest absolute Gasteiger partial charge is 0.303 e. The lowest BCUT2D eigenvalue weighted by molar-refractivity contribution is -0.137. The second kappa shape index (κ2) is 6.52. The van der Waals surface area contributed by atoms with Crippen LogP contribution in [-0.2, 0) is 14.8 Å². The number of carboxylic acids is 1. The topological polar surface area (TPSA) is 83.5 Å². The van der Waals surface area contributed by atoms with Gasteiger partial charge in [-0.15, -0.1) is 0 Å². The molecule has 0 aromatic heterocycles. The normalized spacial score (nSPS) is 29.1. The van der Waals surface area contributed by atoms with Gasteiger partial charge in [0.1, 0.15) is 0 Å². The second-order valence-corrected chi connectivity index (χ2v) is 7.27. The van der Waals surface area contributed by atoms with Gasteiger partial charge in [-0.3, -0.25) is 4.79 Å². The summed E-state index contributed by atoms with van der Waals surface area (Å²) in [5, 5.41) is 8.48. The van der Waals surface area contributed by atoms with E-state index >= 15 is 0 Å². The molecule has 0 spiro atoms. The van der Waals surface area contributed by atoms with Crippen molar-refractivity contribution in [3.63, 3.8) is 0 Å². The van der Waals surface area contributed by atoms with E-state index in [1.807, 2.05) is 0 Å². The number of rotatable bonds is 6. The maximum atomic E-state index is 11.8. The molecule has 1 rings (SSSR count). The first-order valence-electron chi connectivity index (χ1n) is 6.52. The average molecular weight is 277 g/mol. The predicted molar refractivity (Wildman–Crippen MR) is 69.8 cm³/mol. The van der Waals surface area contributed by atoms with Crippen molar-refractivity contribution in [3.05, 3.63) is 0 Å². The van der Waals surface area contributed by atoms with Crippen molar-refractivity contribution in [3.8, 4) is 0 Å². The summed E-state index contributed by atoms with van der Waals surface area (Å²) in [6.45, 7) is 4.35. The Balaban J connectivity index is 2.38. The Morgan fingerprint density at radius 1 is 1.28 bits per heavy atom. The van der Waals surface area contributed by atoms with Gasteiger partial charge >= 0.3 is 5.97 Å². The van der Waals surface area contributed by atoms with Crippen molar-refractivity contribution in [2.24, 2.45) is 11.8 Å². The molecule has 0 radical (unpaired) electrons. The van der Waals surface area contributed by atoms with Gasteiger partial charge < -0.3 is 5.11 Å². The zero-order valence-electron chi connectivity index (χ0n) is 11.1. The van der Waals surface area contributed by atoms with Crippen LogP contribution in [0.5, 0.6) is 0 Å². The summed E-state index contributed by atoms with van der Waals surface area (Å²) in [5.74, 6) is 0.133. The number of carbonyl (C=O) groups is 1. The van der Waals surface area contributed by atoms with Gasteiger partial charge in [0.15, 0.2) is 0 Å². The van der Waals surface area contributed by atoms with E-state index in [4.69, 9.17) is 5.11 Å². The van der Waals surface area contributed by atoms with Crippen molar-refractivity contribution in [1.29, 1.82) is 0 Å². The molecule has 3 atom stereocenters. The lowest BCUT2D eigenvalue weighted by atomic mass is 9.79. The first-order chi connectivity index (χ1) is 8.30. The molecule has 1 saturated carbocycles. The lowest BCUT2D eigenvalue weighted by Gasteiger charge is -2.32. The maximum absolute atomic E-state index is 11.8. The molecule has 2 N–H and O–H groups in total. The van der Waals surface area contributed by atoms with E-state index in [1.165, 1.54) is 0 Å². The SMILES string of the molecule is CC1CCC(NS(=O)(=O)CCCC(=O)O)CC1C. The number of aliphatic carboxylic acids is 1. The van der Waals surface area contributed by atoms with Gasteiger partial charge in [-0.05, 0) is 37.5 Å². The van der Waals surface area contributed by atoms with Gasteiger partial charge in [0.2, 0.25) is 10.0 Å². The van der Waals surface area contributed by atoms with E-state index in [1.54, 1.807) is 0 Å². The van der Waals surface area contributed by atoms with Crippen LogP contribution in [0.2, 0.25) is 0 Å². The lowest BCUT2D eigenvalue weighted by Crippen LogP contribution is -2.40. The molecule has 0 saturated heterocycles. The summed E-state index contributed by atoms with van der Waals surface area (Å²) < 4.78 is 26.2. The van der Waals surface area contributed by atoms with Crippen molar-refractivity contribution in [2.75, 3.05) is 5.75 Å². The second-order valence-electron chi connectivity index (χ2n) is 5.40. The van der Waals surface area contributed by atoms with Crippen molar-refractivity contribution in [1.82, 2.24) is 4.72 Å². The molecule has 106 valence electrons. The van der Waals surface area contributed by atoms with Gasteiger partial charge in [0.05, 0.1) is 5.75 Å². The molecule has 0 amide bonds. The molecule has 18 heavy (non-hydrogen) atoms. The minimum absolute atomic E-state index is 0.0195. The van der Waals surface area contributed by atoms with Crippen molar-refractivity contribution >= 4 is 16.0 Å². The molecule has 0 aromatic carbocycles. The Kier molecular flexibility index (Phi) is 5.59. The minimum Gasteiger partial charge on any atom is -0.481 e. The molecule has 0 aliphatic heterocycles. The van der Waals surface area contributed by atoms with Crippen molar-refractivity contribution < 1.29 is 18.3 Å². The molecular weight excluding hydrogens is 254 g/mol. The Morgan fingerprint density at radius 3 is 2.50 bits per heavy atom. The third kappa shape index (κ3) is 5.35. The zero-order valence-corrected chi connectivity index (χ0v) is 11.9. The number of sulfonamides is 1. The molecule has 0 aromatic rings. The molecular formula is C12H23NO4S. The van der Waals surface area contributed by atoms with Crippen molar-refractivity contribution in [2.45, 2.75) is 52.0 Å². The van der Waals surface area contributed by atoms with E-state index in [0.29, 0.717) is 11.8 Å². The van der Waals surface area contributed by atoms with Crippen LogP contribution >= 0.6 is 0 Å². The van der Waals surface area contributed by atoms with Crippen LogP contribution in [-0.4, -0.2) is 31.3 Å². The molecule has 1 fully saturated rings. The van der Waals surface area contributed by atoms with Gasteiger partial charge in [0, 0.05) is 12.5 Å². The molecule has 0 heterocycles. The van der Waals surface area contributed by atoms with Crippen LogP contribution in [0.15, 0.2) is 0 Å². The quantitative estimate of drug-likeness (QED) is 0.772. The predicted octanol–water partition coefficient (Wildman–Crippen LogP) is 1.60. The molecule has 1 aliphatic carbocycles. The third-order valence-corrected chi connectivity index (χ3v) is 5.27. The van der Waals surface area contributed by atoms with Gasteiger partial charge in [0.25, 0.3) is 0 Å². The Hall–Kier alpha value is -0.620. The summed E-state index contributed by atoms with van der Waals surface area (Å²) in [6, 6.07) is 0.0195. The largest absolute Gasteiger partial charge is 0.481 e. The summed E-state index contributed by atoms with van der Waals surface area (Å²) in [7, 11) is -3.33. The third-order valence-electron chi connectivity index (χ3n) is 3.75. The van der Waals surface area contributed by atoms with E-state index in [2.05, 4.69) is 18.6 Å². The van der Waals surface area contributed by atoms with Gasteiger partial charge in [-0.25, -0.2) is 13.1 Å². The number of hydrogen-bond acceptors (Lipinski definition) is 3. The molecule has 1 aliphatic rings. The van der Waals surface area contributed by atoms with Crippen LogP contribution in [0.25, 0.3) is 0 Å². The van der Waals surface area contributed by atoms with Crippen LogP contribution in [0.1, 0.15) is 46.0 Å². The number of carboxylic acid groups (broad SMARTS) is 1. The summed E-state index contributed by atoms with van der Waals surface area (Å²) in [5.41, 5.74) is 0. The van der Waals surface area contributed by atoms with E-state index < -0.39 is 16.0 Å². The van der Waals surface area contributed by atoms with Crippen LogP contribution < -0.4 is 4.72 Å². The number of hydrogen-bond donors (Lipinski definition) is 2. The molecule has 6 heteroatoms. The zero-order chi connectivity index (χ0) is 13.8. The fourth-order valence-corrected chi connectivity index (χ4v) is 3.75. The van der Waals surface area contributed by atoms with Crippen LogP contribution in [0.3, 0.4) is 0 Å². The maximum Gasteiger partial charge on any atom is 0.303 e. The monoisotopic (exact) mass is 277 g/mol. The van der Waals surface area contributed by atoms with E-state index in [9.17, 15) is 13.2 Å². The summed E-state index contributed by atoms with van der Waals surface area (Å²) in [6.07, 6.45) is 2.87. The summed E-state index contributed by atoms with van der Waals surface area (Å²) >= 11 is 0. The van der Waals surface area contributed by atoms with E-state index in [-0.39, 0.29) is 24.6 Å². The minimum atomic E-state index is -3.33. The van der Waals surface area contributed by atoms with Crippen LogP contribution in [0.4, 0.5) is 0 Å². The van der Waals surface area contributed by atoms with Gasteiger partial charge in [-0.1, -0.05) is 13.8 Å². The average Bonchev–Trinajstić information content (AvgIpc) is 2.22. The molecule has 3 unspecified atom stereocenters. The number of nitrogens with one attached hydrogen (secondary N) is 1. The first kappa shape index (κ1) is 15.4. The van der Waals surface area contributed by atoms with E-state index in [0.717, 1.165) is 19.3 Å². The highest BCUT2D eigenvalue weighted by atomic mass is 32.2. The fraction of sp³-hybridized carbons (Fsp3) is 0.917. The Bertz CT molecular complexity index is 380. The van der Waals surface area contributed by atoms with Crippen LogP contribution in [0, 0.1) is 11.8 Å². The highest BCUT2D eigenvalue weighted by molar-refractivity contribution is 7.89. The highest BCUT2D eigenvalue weighted by Gasteiger charge is 2.27. The highest BCUT2D eigenvalue weighted by Crippen LogP contribution is 2.29. The Labute approximate surface area is 109 Å².